The van der Waals surface area contributed by atoms with Crippen molar-refractivity contribution in [2.45, 2.75) is 13.8 Å². The second-order valence-corrected chi connectivity index (χ2v) is 14.4. The number of fused-ring (bicyclic) bond motifs is 7. The summed E-state index contributed by atoms with van der Waals surface area (Å²) in [5.41, 5.74) is 15.6. The van der Waals surface area contributed by atoms with E-state index in [0.717, 1.165) is 67.1 Å². The van der Waals surface area contributed by atoms with Crippen LogP contribution >= 0.6 is 0 Å². The quantitative estimate of drug-likeness (QED) is 0.194. The van der Waals surface area contributed by atoms with E-state index >= 15 is 0 Å². The summed E-state index contributed by atoms with van der Waals surface area (Å²) in [5, 5.41) is 4.84. The molecule has 55 heavy (non-hydrogen) atoms. The number of aromatic amines is 1. The third-order valence-corrected chi connectivity index (χ3v) is 11.2. The Kier molecular flexibility index (Phi) is 6.92. The minimum absolute atomic E-state index is 0.889. The maximum Gasteiger partial charge on any atom is 0.147 e. The number of H-pyrrole nitrogens is 1. The zero-order valence-electron chi connectivity index (χ0n) is 30.5. The average Bonchev–Trinajstić information content (AvgIpc) is 3.92. The van der Waals surface area contributed by atoms with E-state index in [1.807, 2.05) is 12.3 Å². The largest absolute Gasteiger partial charge is 0.354 e. The number of hydrogen-bond donors (Lipinski definition) is 1. The van der Waals surface area contributed by atoms with Gasteiger partial charge in [0.1, 0.15) is 11.6 Å². The molecular formula is C50H35N5. The second-order valence-electron chi connectivity index (χ2n) is 14.4. The first-order valence-electron chi connectivity index (χ1n) is 18.8. The number of nitrogens with zero attached hydrogens (tertiary/aromatic N) is 4. The fourth-order valence-electron chi connectivity index (χ4n) is 8.69. The van der Waals surface area contributed by atoms with Crippen LogP contribution in [-0.4, -0.2) is 24.1 Å². The third kappa shape index (κ3) is 4.80. The van der Waals surface area contributed by atoms with E-state index in [-0.39, 0.29) is 0 Å². The van der Waals surface area contributed by atoms with E-state index < -0.39 is 0 Å². The monoisotopic (exact) mass is 705 g/mol. The van der Waals surface area contributed by atoms with Crippen molar-refractivity contribution in [3.63, 3.8) is 0 Å². The first-order chi connectivity index (χ1) is 27.1. The molecule has 1 N–H and O–H groups in total. The van der Waals surface area contributed by atoms with Gasteiger partial charge in [0.05, 0.1) is 27.6 Å². The van der Waals surface area contributed by atoms with Gasteiger partial charge >= 0.3 is 0 Å². The summed E-state index contributed by atoms with van der Waals surface area (Å²) in [6, 6.07) is 58.4. The molecule has 0 saturated carbocycles. The van der Waals surface area contributed by atoms with Gasteiger partial charge < -0.3 is 4.98 Å². The van der Waals surface area contributed by atoms with E-state index in [9.17, 15) is 0 Å². The summed E-state index contributed by atoms with van der Waals surface area (Å²) in [6.45, 7) is 4.42. The van der Waals surface area contributed by atoms with Gasteiger partial charge in [-0.2, -0.15) is 0 Å². The molecular weight excluding hydrogens is 671 g/mol. The Balaban J connectivity index is 1.20. The summed E-state index contributed by atoms with van der Waals surface area (Å²) in [7, 11) is 0. The Morgan fingerprint density at radius 2 is 1.27 bits per heavy atom. The average molecular weight is 706 g/mol. The molecule has 0 saturated heterocycles. The molecule has 0 radical (unpaired) electrons. The van der Waals surface area contributed by atoms with E-state index in [4.69, 9.17) is 9.97 Å². The number of benzene rings is 7. The van der Waals surface area contributed by atoms with Gasteiger partial charge in [-0.1, -0.05) is 115 Å². The Bertz CT molecular complexity index is 3260. The van der Waals surface area contributed by atoms with E-state index in [0.29, 0.717) is 0 Å². The van der Waals surface area contributed by atoms with Gasteiger partial charge in [0.2, 0.25) is 0 Å². The van der Waals surface area contributed by atoms with Gasteiger partial charge in [-0.25, -0.2) is 9.97 Å². The number of para-hydroxylation sites is 3. The van der Waals surface area contributed by atoms with E-state index in [1.165, 1.54) is 43.8 Å². The molecule has 5 nitrogen and oxygen atoms in total. The van der Waals surface area contributed by atoms with Crippen molar-refractivity contribution in [3.8, 4) is 45.1 Å². The molecule has 0 unspecified atom stereocenters. The smallest absolute Gasteiger partial charge is 0.147 e. The van der Waals surface area contributed by atoms with Crippen molar-refractivity contribution < 1.29 is 0 Å². The van der Waals surface area contributed by atoms with Gasteiger partial charge in [0.15, 0.2) is 0 Å². The van der Waals surface area contributed by atoms with Crippen LogP contribution in [0.4, 0.5) is 0 Å². The minimum atomic E-state index is 0.889. The molecule has 5 heteroatoms. The number of hydrogen-bond acceptors (Lipinski definition) is 2. The van der Waals surface area contributed by atoms with Gasteiger partial charge in [-0.15, -0.1) is 0 Å². The lowest BCUT2D eigenvalue weighted by molar-refractivity contribution is 1.08. The number of rotatable bonds is 5. The summed E-state index contributed by atoms with van der Waals surface area (Å²) in [4.78, 5) is 14.2. The van der Waals surface area contributed by atoms with Crippen molar-refractivity contribution in [2.75, 3.05) is 0 Å². The molecule has 11 rings (SSSR count). The van der Waals surface area contributed by atoms with E-state index in [2.05, 4.69) is 186 Å². The Labute approximate surface area is 317 Å². The van der Waals surface area contributed by atoms with Gasteiger partial charge in [-0.05, 0) is 90.2 Å². The number of pyridine rings is 1. The fourth-order valence-corrected chi connectivity index (χ4v) is 8.69. The molecule has 0 fully saturated rings. The highest BCUT2D eigenvalue weighted by molar-refractivity contribution is 6.14. The lowest BCUT2D eigenvalue weighted by Crippen LogP contribution is -1.99. The molecule has 0 spiro atoms. The van der Waals surface area contributed by atoms with Crippen molar-refractivity contribution >= 4 is 54.6 Å². The molecule has 260 valence electrons. The molecule has 0 bridgehead atoms. The van der Waals surface area contributed by atoms with Gasteiger partial charge in [0, 0.05) is 50.1 Å². The summed E-state index contributed by atoms with van der Waals surface area (Å²) in [5.74, 6) is 1.79. The predicted octanol–water partition coefficient (Wildman–Crippen LogP) is 12.8. The number of aryl methyl sites for hydroxylation is 2. The van der Waals surface area contributed by atoms with Crippen molar-refractivity contribution in [3.05, 3.63) is 181 Å². The third-order valence-electron chi connectivity index (χ3n) is 11.2. The summed E-state index contributed by atoms with van der Waals surface area (Å²) < 4.78 is 4.67. The van der Waals surface area contributed by atoms with Crippen LogP contribution in [0.2, 0.25) is 0 Å². The SMILES string of the molecule is Cc1cc(-c2ccc(C)c3c2nc(-c2cccc4c2[nH]c2ccccc24)n3-c2ccccc2)cc2c1c1ccc(-c3ccccc3)cc1n2-c1ccccn1. The van der Waals surface area contributed by atoms with Crippen LogP contribution in [0.3, 0.4) is 0 Å². The maximum absolute atomic E-state index is 5.62. The highest BCUT2D eigenvalue weighted by atomic mass is 15.1. The fraction of sp³-hybridized carbons (Fsp3) is 0.0400. The molecule has 0 aliphatic heterocycles. The minimum Gasteiger partial charge on any atom is -0.354 e. The highest BCUT2D eigenvalue weighted by Gasteiger charge is 2.23. The van der Waals surface area contributed by atoms with Crippen molar-refractivity contribution in [1.29, 1.82) is 0 Å². The molecule has 11 aromatic rings. The van der Waals surface area contributed by atoms with Crippen LogP contribution in [0.5, 0.6) is 0 Å². The summed E-state index contributed by atoms with van der Waals surface area (Å²) >= 11 is 0. The Morgan fingerprint density at radius 1 is 0.509 bits per heavy atom. The van der Waals surface area contributed by atoms with Crippen LogP contribution in [0.15, 0.2) is 170 Å². The van der Waals surface area contributed by atoms with Crippen LogP contribution in [-0.2, 0) is 0 Å². The number of nitrogens with one attached hydrogen (secondary N) is 1. The topological polar surface area (TPSA) is 51.4 Å². The lowest BCUT2D eigenvalue weighted by atomic mass is 9.97. The molecule has 0 aliphatic carbocycles. The van der Waals surface area contributed by atoms with Crippen LogP contribution in [0, 0.1) is 13.8 Å². The second kappa shape index (κ2) is 12.2. The Morgan fingerprint density at radius 3 is 2.11 bits per heavy atom. The molecule has 4 aromatic heterocycles. The lowest BCUT2D eigenvalue weighted by Gasteiger charge is -2.13. The zero-order chi connectivity index (χ0) is 36.6. The number of aromatic nitrogens is 5. The zero-order valence-corrected chi connectivity index (χ0v) is 30.5. The summed E-state index contributed by atoms with van der Waals surface area (Å²) in [6.07, 6.45) is 1.87. The standard InChI is InChI=1S/C50H35N5/c1-31-23-25-37(48-49(31)54(36-16-7-4-8-17-36)50(53-48)41-20-13-19-39-38-18-9-10-21-42(38)52-47(39)41)35-28-32(2)46-40-26-24-34(33-14-5-3-6-15-33)29-43(40)55(44(46)30-35)45-22-11-12-27-51-45/h3-30,52H,1-2H3. The van der Waals surface area contributed by atoms with Crippen molar-refractivity contribution in [1.82, 2.24) is 24.1 Å². The molecule has 7 aromatic carbocycles. The molecule has 0 amide bonds. The first kappa shape index (κ1) is 31.3. The van der Waals surface area contributed by atoms with Crippen LogP contribution in [0.1, 0.15) is 11.1 Å². The molecule has 0 aliphatic rings. The number of imidazole rings is 1. The predicted molar refractivity (Wildman–Crippen MR) is 228 cm³/mol. The van der Waals surface area contributed by atoms with Gasteiger partial charge in [0.25, 0.3) is 0 Å². The van der Waals surface area contributed by atoms with E-state index in [1.54, 1.807) is 0 Å². The van der Waals surface area contributed by atoms with Gasteiger partial charge in [-0.3, -0.25) is 9.13 Å². The Hall–Kier alpha value is -7.24. The molecule has 0 atom stereocenters. The van der Waals surface area contributed by atoms with Crippen molar-refractivity contribution in [2.24, 2.45) is 0 Å². The van der Waals surface area contributed by atoms with Crippen LogP contribution in [0.25, 0.3) is 99.8 Å². The maximum atomic E-state index is 5.62. The van der Waals surface area contributed by atoms with Crippen LogP contribution < -0.4 is 0 Å². The highest BCUT2D eigenvalue weighted by Crippen LogP contribution is 2.42. The normalized spacial score (nSPS) is 11.8. The molecule has 4 heterocycles. The first-order valence-corrected chi connectivity index (χ1v) is 18.8.